The highest BCUT2D eigenvalue weighted by Gasteiger charge is 2.06. The van der Waals surface area contributed by atoms with Gasteiger partial charge in [-0.2, -0.15) is 5.11 Å². The second-order valence-corrected chi connectivity index (χ2v) is 2.73. The number of hydrogen-bond donors (Lipinski definition) is 0. The van der Waals surface area contributed by atoms with Crippen molar-refractivity contribution in [1.29, 1.82) is 0 Å². The second kappa shape index (κ2) is 1.88. The highest BCUT2D eigenvalue weighted by atomic mass is 15.2. The van der Waals surface area contributed by atoms with Crippen molar-refractivity contribution in [2.24, 2.45) is 10.2 Å². The third kappa shape index (κ3) is 0.580. The molecule has 0 aromatic carbocycles. The molecule has 3 nitrogen and oxygen atoms in total. The number of hydrogen-bond acceptors (Lipinski definition) is 3. The summed E-state index contributed by atoms with van der Waals surface area (Å²) >= 11 is 0. The minimum absolute atomic E-state index is 0.730. The molecule has 0 unspecified atom stereocenters. The van der Waals surface area contributed by atoms with Crippen LogP contribution in [0.15, 0.2) is 22.5 Å². The van der Waals surface area contributed by atoms with Crippen molar-refractivity contribution in [2.75, 3.05) is 0 Å². The van der Waals surface area contributed by atoms with Crippen LogP contribution in [0.1, 0.15) is 5.56 Å². The SMILES string of the molecule is C1=Cc2cnc3c(c2=C1)=CN=N3. The van der Waals surface area contributed by atoms with Crippen LogP contribution in [0.25, 0.3) is 18.4 Å². The third-order valence-electron chi connectivity index (χ3n) is 2.05. The molecular formula is C9H5N3. The maximum atomic E-state index is 4.17. The van der Waals surface area contributed by atoms with E-state index < -0.39 is 0 Å². The highest BCUT2D eigenvalue weighted by molar-refractivity contribution is 5.68. The van der Waals surface area contributed by atoms with Crippen LogP contribution in [0.4, 0.5) is 5.82 Å². The Balaban J connectivity index is 2.58. The summed E-state index contributed by atoms with van der Waals surface area (Å²) in [6.07, 6.45) is 9.69. The Bertz CT molecular complexity index is 474. The van der Waals surface area contributed by atoms with Gasteiger partial charge in [-0.1, -0.05) is 18.2 Å². The summed E-state index contributed by atoms with van der Waals surface area (Å²) in [6, 6.07) is 0. The highest BCUT2D eigenvalue weighted by Crippen LogP contribution is 2.07. The normalized spacial score (nSPS) is 15.3. The summed E-state index contributed by atoms with van der Waals surface area (Å²) in [7, 11) is 0. The molecule has 0 spiro atoms. The Morgan fingerprint density at radius 3 is 3.17 bits per heavy atom. The van der Waals surface area contributed by atoms with E-state index >= 15 is 0 Å². The van der Waals surface area contributed by atoms with Crippen LogP contribution in [0.3, 0.4) is 0 Å². The molecule has 12 heavy (non-hydrogen) atoms. The zero-order valence-corrected chi connectivity index (χ0v) is 6.23. The van der Waals surface area contributed by atoms with Crippen molar-refractivity contribution in [2.45, 2.75) is 0 Å². The number of allylic oxidation sites excluding steroid dienone is 1. The summed E-state index contributed by atoms with van der Waals surface area (Å²) < 4.78 is 0. The quantitative estimate of drug-likeness (QED) is 0.544. The third-order valence-corrected chi connectivity index (χ3v) is 2.05. The monoisotopic (exact) mass is 155 g/mol. The van der Waals surface area contributed by atoms with Crippen LogP contribution < -0.4 is 10.4 Å². The van der Waals surface area contributed by atoms with E-state index in [4.69, 9.17) is 0 Å². The van der Waals surface area contributed by atoms with Crippen LogP contribution in [0, 0.1) is 0 Å². The maximum Gasteiger partial charge on any atom is 0.183 e. The molecule has 3 rings (SSSR count). The van der Waals surface area contributed by atoms with Crippen LogP contribution in [-0.2, 0) is 0 Å². The topological polar surface area (TPSA) is 37.6 Å². The van der Waals surface area contributed by atoms with E-state index in [-0.39, 0.29) is 0 Å². The number of azo groups is 1. The van der Waals surface area contributed by atoms with E-state index in [0.717, 1.165) is 16.6 Å². The molecule has 1 aliphatic carbocycles. The molecule has 0 bridgehead atoms. The van der Waals surface area contributed by atoms with Crippen molar-refractivity contribution in [3.05, 3.63) is 28.3 Å². The van der Waals surface area contributed by atoms with Crippen LogP contribution in [0.2, 0.25) is 0 Å². The minimum atomic E-state index is 0.730. The first-order valence-corrected chi connectivity index (χ1v) is 3.73. The molecule has 2 heterocycles. The van der Waals surface area contributed by atoms with Crippen molar-refractivity contribution < 1.29 is 0 Å². The van der Waals surface area contributed by atoms with E-state index in [0.29, 0.717) is 0 Å². The molecule has 0 saturated carbocycles. The predicted octanol–water partition coefficient (Wildman–Crippen LogP) is 0.724. The predicted molar refractivity (Wildman–Crippen MR) is 46.0 cm³/mol. The maximum absolute atomic E-state index is 4.17. The van der Waals surface area contributed by atoms with Crippen LogP contribution in [0.5, 0.6) is 0 Å². The summed E-state index contributed by atoms with van der Waals surface area (Å²) in [5.41, 5.74) is 1.15. The fourth-order valence-electron chi connectivity index (χ4n) is 1.46. The lowest BCUT2D eigenvalue weighted by molar-refractivity contribution is 1.19. The van der Waals surface area contributed by atoms with E-state index in [1.807, 2.05) is 18.3 Å². The van der Waals surface area contributed by atoms with Gasteiger partial charge in [0.15, 0.2) is 5.82 Å². The van der Waals surface area contributed by atoms with Gasteiger partial charge in [-0.15, -0.1) is 5.11 Å². The van der Waals surface area contributed by atoms with E-state index in [1.165, 1.54) is 5.22 Å². The lowest BCUT2D eigenvalue weighted by atomic mass is 10.2. The zero-order valence-electron chi connectivity index (χ0n) is 6.23. The van der Waals surface area contributed by atoms with Gasteiger partial charge in [0.25, 0.3) is 0 Å². The fourth-order valence-corrected chi connectivity index (χ4v) is 1.46. The van der Waals surface area contributed by atoms with E-state index in [9.17, 15) is 0 Å². The zero-order chi connectivity index (χ0) is 7.97. The molecule has 56 valence electrons. The summed E-state index contributed by atoms with van der Waals surface area (Å²) in [6.45, 7) is 0. The lowest BCUT2D eigenvalue weighted by Crippen LogP contribution is -2.25. The average Bonchev–Trinajstić information content (AvgIpc) is 2.71. The first kappa shape index (κ1) is 5.83. The Morgan fingerprint density at radius 2 is 2.17 bits per heavy atom. The Labute approximate surface area is 68.5 Å². The Hall–Kier alpha value is -1.77. The number of aromatic nitrogens is 1. The standard InChI is InChI=1S/C9H5N3/c1-2-6-4-10-9-8(5-11-12-9)7(6)3-1/h1-5H. The first-order valence-electron chi connectivity index (χ1n) is 3.73. The lowest BCUT2D eigenvalue weighted by Gasteiger charge is -1.91. The molecule has 0 atom stereocenters. The molecule has 0 fully saturated rings. The van der Waals surface area contributed by atoms with Gasteiger partial charge in [0.2, 0.25) is 0 Å². The number of rotatable bonds is 0. The van der Waals surface area contributed by atoms with E-state index in [1.54, 1.807) is 6.20 Å². The summed E-state index contributed by atoms with van der Waals surface area (Å²) in [4.78, 5) is 4.17. The first-order chi connectivity index (χ1) is 5.95. The number of pyridine rings is 1. The Kier molecular flexibility index (Phi) is 0.913. The molecule has 0 N–H and O–H groups in total. The van der Waals surface area contributed by atoms with Gasteiger partial charge >= 0.3 is 0 Å². The fraction of sp³-hybridized carbons (Fsp3) is 0. The smallest absolute Gasteiger partial charge is 0.183 e. The molecule has 0 amide bonds. The van der Waals surface area contributed by atoms with Crippen molar-refractivity contribution in [3.8, 4) is 0 Å². The van der Waals surface area contributed by atoms with Gasteiger partial charge in [-0.25, -0.2) is 4.98 Å². The summed E-state index contributed by atoms with van der Waals surface area (Å²) in [5, 5.41) is 9.93. The van der Waals surface area contributed by atoms with Gasteiger partial charge in [0, 0.05) is 17.0 Å². The molecular weight excluding hydrogens is 150 g/mol. The largest absolute Gasteiger partial charge is 0.234 e. The van der Waals surface area contributed by atoms with Gasteiger partial charge in [-0.3, -0.25) is 0 Å². The molecule has 3 heteroatoms. The van der Waals surface area contributed by atoms with E-state index in [2.05, 4.69) is 21.3 Å². The van der Waals surface area contributed by atoms with Crippen LogP contribution >= 0.6 is 0 Å². The molecule has 2 aliphatic rings. The van der Waals surface area contributed by atoms with Crippen molar-refractivity contribution in [3.63, 3.8) is 0 Å². The second-order valence-electron chi connectivity index (χ2n) is 2.73. The van der Waals surface area contributed by atoms with Crippen LogP contribution in [-0.4, -0.2) is 4.98 Å². The molecule has 1 aliphatic heterocycles. The van der Waals surface area contributed by atoms with Gasteiger partial charge in [-0.05, 0) is 5.22 Å². The van der Waals surface area contributed by atoms with Crippen molar-refractivity contribution in [1.82, 2.24) is 4.98 Å². The minimum Gasteiger partial charge on any atom is -0.234 e. The number of fused-ring (bicyclic) bond motifs is 3. The molecule has 1 aromatic rings. The summed E-state index contributed by atoms with van der Waals surface area (Å²) in [5.74, 6) is 0.730. The number of nitrogens with zero attached hydrogens (tertiary/aromatic N) is 3. The van der Waals surface area contributed by atoms with Crippen molar-refractivity contribution >= 4 is 24.2 Å². The molecule has 0 radical (unpaired) electrons. The molecule has 1 aromatic heterocycles. The molecule has 0 saturated heterocycles. The average molecular weight is 155 g/mol. The Morgan fingerprint density at radius 1 is 1.17 bits per heavy atom. The van der Waals surface area contributed by atoms with Gasteiger partial charge in [0.1, 0.15) is 0 Å². The van der Waals surface area contributed by atoms with Gasteiger partial charge < -0.3 is 0 Å². The van der Waals surface area contributed by atoms with Gasteiger partial charge in [0.05, 0.1) is 6.20 Å².